The highest BCUT2D eigenvalue weighted by Crippen LogP contribution is 2.17. The molecular formula is C15H22N2O3. The number of carboxylic acids is 1. The molecular weight excluding hydrogens is 256 g/mol. The molecule has 0 aliphatic heterocycles. The smallest absolute Gasteiger partial charge is 0.327 e. The first-order chi connectivity index (χ1) is 9.50. The lowest BCUT2D eigenvalue weighted by atomic mass is 9.98. The molecule has 20 heavy (non-hydrogen) atoms. The highest BCUT2D eigenvalue weighted by Gasteiger charge is 2.17. The first-order valence-electron chi connectivity index (χ1n) is 6.76. The quantitative estimate of drug-likeness (QED) is 0.627. The van der Waals surface area contributed by atoms with E-state index in [1.165, 1.54) is 12.5 Å². The minimum atomic E-state index is -1.02. The predicted octanol–water partition coefficient (Wildman–Crippen LogP) is 1.36. The Bertz CT molecular complexity index is 434. The van der Waals surface area contributed by atoms with Gasteiger partial charge in [-0.3, -0.25) is 4.79 Å². The van der Waals surface area contributed by atoms with Crippen molar-refractivity contribution in [2.24, 2.45) is 0 Å². The summed E-state index contributed by atoms with van der Waals surface area (Å²) in [5.74, 6) is -0.951. The topological polar surface area (TPSA) is 78.4 Å². The molecule has 0 spiro atoms. The fourth-order valence-electron chi connectivity index (χ4n) is 1.96. The molecule has 0 aliphatic carbocycles. The van der Waals surface area contributed by atoms with E-state index in [2.05, 4.69) is 29.7 Å². The van der Waals surface area contributed by atoms with Crippen LogP contribution in [0.3, 0.4) is 0 Å². The lowest BCUT2D eigenvalue weighted by Gasteiger charge is -2.16. The predicted molar refractivity (Wildman–Crippen MR) is 77.6 cm³/mol. The van der Waals surface area contributed by atoms with E-state index in [-0.39, 0.29) is 12.5 Å². The third-order valence-corrected chi connectivity index (χ3v) is 3.15. The van der Waals surface area contributed by atoms with Crippen LogP contribution in [0.25, 0.3) is 0 Å². The Balaban J connectivity index is 2.30. The molecule has 1 rings (SSSR count). The Hall–Kier alpha value is -1.88. The number of rotatable bonds is 8. The Morgan fingerprint density at radius 2 is 1.90 bits per heavy atom. The van der Waals surface area contributed by atoms with Gasteiger partial charge in [-0.15, -0.1) is 0 Å². The molecule has 5 heteroatoms. The zero-order valence-electron chi connectivity index (χ0n) is 11.9. The van der Waals surface area contributed by atoms with E-state index in [9.17, 15) is 9.59 Å². The van der Waals surface area contributed by atoms with Crippen LogP contribution in [0.1, 0.15) is 31.7 Å². The zero-order chi connectivity index (χ0) is 15.0. The monoisotopic (exact) mass is 278 g/mol. The number of hydrogen-bond acceptors (Lipinski definition) is 3. The molecule has 5 nitrogen and oxygen atoms in total. The van der Waals surface area contributed by atoms with Crippen LogP contribution >= 0.6 is 0 Å². The van der Waals surface area contributed by atoms with Crippen molar-refractivity contribution in [3.63, 3.8) is 0 Å². The number of carbonyl (C=O) groups is 2. The van der Waals surface area contributed by atoms with E-state index in [0.717, 1.165) is 6.42 Å². The second kappa shape index (κ2) is 8.32. The van der Waals surface area contributed by atoms with E-state index in [1.54, 1.807) is 0 Å². The minimum Gasteiger partial charge on any atom is -0.480 e. The molecule has 3 N–H and O–H groups in total. The Kier molecular flexibility index (Phi) is 6.73. The van der Waals surface area contributed by atoms with Gasteiger partial charge >= 0.3 is 5.97 Å². The van der Waals surface area contributed by atoms with Crippen LogP contribution in [0, 0.1) is 0 Å². The van der Waals surface area contributed by atoms with Gasteiger partial charge in [0.05, 0.1) is 0 Å². The average molecular weight is 278 g/mol. The van der Waals surface area contributed by atoms with Crippen molar-refractivity contribution in [3.8, 4) is 0 Å². The maximum Gasteiger partial charge on any atom is 0.327 e. The molecule has 0 fully saturated rings. The highest BCUT2D eigenvalue weighted by molar-refractivity contribution is 5.82. The van der Waals surface area contributed by atoms with Crippen molar-refractivity contribution < 1.29 is 14.7 Å². The molecule has 0 aliphatic rings. The summed E-state index contributed by atoms with van der Waals surface area (Å²) in [6.45, 7) is 4.39. The molecule has 110 valence electrons. The van der Waals surface area contributed by atoms with Crippen molar-refractivity contribution in [3.05, 3.63) is 35.9 Å². The van der Waals surface area contributed by atoms with Gasteiger partial charge in [0, 0.05) is 13.5 Å². The first kappa shape index (κ1) is 16.2. The Labute approximate surface area is 119 Å². The summed E-state index contributed by atoms with van der Waals surface area (Å²) in [7, 11) is 0. The van der Waals surface area contributed by atoms with Crippen LogP contribution in [-0.4, -0.2) is 36.1 Å². The largest absolute Gasteiger partial charge is 0.480 e. The number of aliphatic carboxylic acids is 1. The van der Waals surface area contributed by atoms with Crippen molar-refractivity contribution in [1.29, 1.82) is 0 Å². The first-order valence-corrected chi connectivity index (χ1v) is 6.76. The van der Waals surface area contributed by atoms with Gasteiger partial charge in [-0.2, -0.15) is 0 Å². The molecule has 0 saturated carbocycles. The van der Waals surface area contributed by atoms with Gasteiger partial charge in [0.2, 0.25) is 5.91 Å². The molecule has 1 amide bonds. The molecule has 2 atom stereocenters. The van der Waals surface area contributed by atoms with Crippen molar-refractivity contribution in [2.75, 3.05) is 13.1 Å². The average Bonchev–Trinajstić information content (AvgIpc) is 2.42. The van der Waals surface area contributed by atoms with Crippen LogP contribution in [0.15, 0.2) is 30.3 Å². The van der Waals surface area contributed by atoms with Gasteiger partial charge < -0.3 is 15.7 Å². The zero-order valence-corrected chi connectivity index (χ0v) is 11.9. The van der Waals surface area contributed by atoms with Crippen LogP contribution in [0.2, 0.25) is 0 Å². The number of nitrogens with one attached hydrogen (secondary N) is 2. The summed E-state index contributed by atoms with van der Waals surface area (Å²) in [6, 6.07) is 9.30. The van der Waals surface area contributed by atoms with Gasteiger partial charge in [0.1, 0.15) is 6.04 Å². The van der Waals surface area contributed by atoms with Crippen LogP contribution in [-0.2, 0) is 9.59 Å². The van der Waals surface area contributed by atoms with Crippen LogP contribution < -0.4 is 10.6 Å². The SMILES string of the molecule is CC(=O)NC(CNCCC(C)c1ccccc1)C(=O)O. The van der Waals surface area contributed by atoms with Crippen molar-refractivity contribution in [1.82, 2.24) is 10.6 Å². The third-order valence-electron chi connectivity index (χ3n) is 3.15. The minimum absolute atomic E-state index is 0.233. The number of benzene rings is 1. The van der Waals surface area contributed by atoms with Crippen LogP contribution in [0.5, 0.6) is 0 Å². The number of hydrogen-bond donors (Lipinski definition) is 3. The Morgan fingerprint density at radius 1 is 1.25 bits per heavy atom. The van der Waals surface area contributed by atoms with Gasteiger partial charge in [0.15, 0.2) is 0 Å². The molecule has 0 radical (unpaired) electrons. The summed E-state index contributed by atoms with van der Waals surface area (Å²) in [5, 5.41) is 14.4. The Morgan fingerprint density at radius 3 is 2.45 bits per heavy atom. The maximum atomic E-state index is 10.9. The molecule has 0 saturated heterocycles. The fraction of sp³-hybridized carbons (Fsp3) is 0.467. The van der Waals surface area contributed by atoms with Gasteiger partial charge in [-0.1, -0.05) is 37.3 Å². The summed E-state index contributed by atoms with van der Waals surface area (Å²) >= 11 is 0. The summed E-state index contributed by atoms with van der Waals surface area (Å²) in [6.07, 6.45) is 0.913. The third kappa shape index (κ3) is 5.84. The van der Waals surface area contributed by atoms with Gasteiger partial charge in [-0.05, 0) is 24.4 Å². The van der Waals surface area contributed by atoms with Gasteiger partial charge in [-0.25, -0.2) is 4.79 Å². The molecule has 1 aromatic carbocycles. The van der Waals surface area contributed by atoms with Gasteiger partial charge in [0.25, 0.3) is 0 Å². The van der Waals surface area contributed by atoms with Crippen molar-refractivity contribution >= 4 is 11.9 Å². The highest BCUT2D eigenvalue weighted by atomic mass is 16.4. The molecule has 0 aromatic heterocycles. The second-order valence-electron chi connectivity index (χ2n) is 4.90. The fourth-order valence-corrected chi connectivity index (χ4v) is 1.96. The van der Waals surface area contributed by atoms with E-state index in [1.807, 2.05) is 18.2 Å². The van der Waals surface area contributed by atoms with E-state index >= 15 is 0 Å². The maximum absolute atomic E-state index is 10.9. The summed E-state index contributed by atoms with van der Waals surface area (Å²) in [5.41, 5.74) is 1.27. The molecule has 2 unspecified atom stereocenters. The molecule has 0 bridgehead atoms. The second-order valence-corrected chi connectivity index (χ2v) is 4.90. The lowest BCUT2D eigenvalue weighted by molar-refractivity contribution is -0.141. The number of carbonyl (C=O) groups excluding carboxylic acids is 1. The van der Waals surface area contributed by atoms with Crippen molar-refractivity contribution in [2.45, 2.75) is 32.2 Å². The van der Waals surface area contributed by atoms with E-state index < -0.39 is 12.0 Å². The van der Waals surface area contributed by atoms with E-state index in [4.69, 9.17) is 5.11 Å². The number of carboxylic acid groups (broad SMARTS) is 1. The lowest BCUT2D eigenvalue weighted by Crippen LogP contribution is -2.46. The standard InChI is InChI=1S/C15H22N2O3/c1-11(13-6-4-3-5-7-13)8-9-16-10-14(15(19)20)17-12(2)18/h3-7,11,14,16H,8-10H2,1-2H3,(H,17,18)(H,19,20). The normalized spacial score (nSPS) is 13.5. The summed E-state index contributed by atoms with van der Waals surface area (Å²) < 4.78 is 0. The van der Waals surface area contributed by atoms with E-state index in [0.29, 0.717) is 12.5 Å². The number of amides is 1. The summed E-state index contributed by atoms with van der Waals surface area (Å²) in [4.78, 5) is 21.8. The van der Waals surface area contributed by atoms with Crippen LogP contribution in [0.4, 0.5) is 0 Å². The molecule has 0 heterocycles. The molecule has 1 aromatic rings.